The summed E-state index contributed by atoms with van der Waals surface area (Å²) in [5.41, 5.74) is 0. The van der Waals surface area contributed by atoms with Crippen molar-refractivity contribution in [3.63, 3.8) is 0 Å². The van der Waals surface area contributed by atoms with Crippen molar-refractivity contribution in [1.29, 1.82) is 0 Å². The highest BCUT2D eigenvalue weighted by molar-refractivity contribution is 4.97. The molecule has 0 aromatic rings. The van der Waals surface area contributed by atoms with Crippen molar-refractivity contribution >= 4 is 0 Å². The molecule has 128 valence electrons. The van der Waals surface area contributed by atoms with Crippen LogP contribution in [0.1, 0.15) is 19.8 Å². The fourth-order valence-electron chi connectivity index (χ4n) is 2.04. The van der Waals surface area contributed by atoms with Gasteiger partial charge in [-0.05, 0) is 13.3 Å². The molecule has 0 spiro atoms. The second-order valence-corrected chi connectivity index (χ2v) is 4.89. The zero-order valence-electron chi connectivity index (χ0n) is 14.2. The van der Waals surface area contributed by atoms with Crippen LogP contribution in [0.3, 0.4) is 0 Å². The lowest BCUT2D eigenvalue weighted by Gasteiger charge is -2.30. The number of allylic oxidation sites excluding steroid dienone is 1. The average Bonchev–Trinajstić information content (AvgIpc) is 2.57. The maximum Gasteiger partial charge on any atom is 0.131 e. The maximum absolute atomic E-state index is 6.12. The van der Waals surface area contributed by atoms with E-state index in [1.807, 2.05) is 13.0 Å². The highest BCUT2D eigenvalue weighted by Gasteiger charge is 2.26. The minimum Gasteiger partial charge on any atom is -0.495 e. The number of ether oxygens (including phenoxy) is 3. The molecular weight excluding hydrogens is 288 g/mol. The lowest BCUT2D eigenvalue weighted by atomic mass is 10.1. The lowest BCUT2D eigenvalue weighted by molar-refractivity contribution is -0.0932. The van der Waals surface area contributed by atoms with Gasteiger partial charge in [-0.1, -0.05) is 36.5 Å². The van der Waals surface area contributed by atoms with Crippen LogP contribution in [-0.2, 0) is 14.2 Å². The van der Waals surface area contributed by atoms with Crippen molar-refractivity contribution in [3.8, 4) is 0 Å². The Morgan fingerprint density at radius 1 is 0.826 bits per heavy atom. The third-order valence-electron chi connectivity index (χ3n) is 3.13. The van der Waals surface area contributed by atoms with E-state index in [2.05, 4.69) is 32.9 Å². The third-order valence-corrected chi connectivity index (χ3v) is 3.13. The van der Waals surface area contributed by atoms with Gasteiger partial charge in [-0.2, -0.15) is 0 Å². The highest BCUT2D eigenvalue weighted by Crippen LogP contribution is 2.18. The van der Waals surface area contributed by atoms with Crippen molar-refractivity contribution in [2.75, 3.05) is 6.61 Å². The van der Waals surface area contributed by atoms with E-state index in [9.17, 15) is 0 Å². The standard InChI is InChI=1S/C20H30O3/c1-7-13-19(21-15-9-3)17(11-5)23-18(12-6)20(14-8-2)22-16-10-4/h7-12,16-20H,1-3,5-6,13-15H2,4H3/b16-10+/t17-,18-,19+,20+/m1/s1. The van der Waals surface area contributed by atoms with E-state index in [-0.39, 0.29) is 24.4 Å². The van der Waals surface area contributed by atoms with Crippen molar-refractivity contribution in [2.45, 2.75) is 44.2 Å². The molecule has 3 heteroatoms. The maximum atomic E-state index is 6.12. The summed E-state index contributed by atoms with van der Waals surface area (Å²) in [6.07, 6.45) is 12.5. The first kappa shape index (κ1) is 21.2. The molecule has 4 atom stereocenters. The van der Waals surface area contributed by atoms with E-state index in [1.54, 1.807) is 36.6 Å². The first-order chi connectivity index (χ1) is 11.2. The Balaban J connectivity index is 5.05. The molecule has 0 N–H and O–H groups in total. The molecule has 0 amide bonds. The molecule has 0 aliphatic heterocycles. The van der Waals surface area contributed by atoms with Gasteiger partial charge in [0.15, 0.2) is 0 Å². The van der Waals surface area contributed by atoms with Gasteiger partial charge >= 0.3 is 0 Å². The summed E-state index contributed by atoms with van der Waals surface area (Å²) in [6.45, 7) is 21.2. The Kier molecular flexibility index (Phi) is 12.7. The van der Waals surface area contributed by atoms with Gasteiger partial charge in [-0.25, -0.2) is 0 Å². The fourth-order valence-corrected chi connectivity index (χ4v) is 2.04. The summed E-state index contributed by atoms with van der Waals surface area (Å²) in [5, 5.41) is 0. The van der Waals surface area contributed by atoms with Crippen LogP contribution in [0.5, 0.6) is 0 Å². The molecule has 0 unspecified atom stereocenters. The Labute approximate surface area is 141 Å². The fraction of sp³-hybridized carbons (Fsp3) is 0.400. The van der Waals surface area contributed by atoms with Crippen LogP contribution in [0, 0.1) is 0 Å². The number of hydrogen-bond acceptors (Lipinski definition) is 3. The Morgan fingerprint density at radius 3 is 1.87 bits per heavy atom. The number of hydrogen-bond donors (Lipinski definition) is 0. The predicted octanol–water partition coefficient (Wildman–Crippen LogP) is 4.75. The van der Waals surface area contributed by atoms with E-state index < -0.39 is 0 Å². The lowest BCUT2D eigenvalue weighted by Crippen LogP contribution is -2.38. The molecule has 0 radical (unpaired) electrons. The Hall–Kier alpha value is -1.84. The topological polar surface area (TPSA) is 27.7 Å². The van der Waals surface area contributed by atoms with Crippen molar-refractivity contribution in [2.24, 2.45) is 0 Å². The number of rotatable bonds is 15. The SMILES string of the molecule is C=CCO[C@@H](CC=C)[C@@H](C=C)O[C@H](C=C)[C@H](CC=C)O/C=C/C. The van der Waals surface area contributed by atoms with Gasteiger partial charge in [0.05, 0.1) is 19.0 Å². The summed E-state index contributed by atoms with van der Waals surface area (Å²) < 4.78 is 17.6. The quantitative estimate of drug-likeness (QED) is 0.322. The van der Waals surface area contributed by atoms with Crippen LogP contribution in [-0.4, -0.2) is 31.0 Å². The molecule has 0 rings (SSSR count). The third kappa shape index (κ3) is 8.38. The summed E-state index contributed by atoms with van der Waals surface area (Å²) in [7, 11) is 0. The van der Waals surface area contributed by atoms with Crippen molar-refractivity contribution in [1.82, 2.24) is 0 Å². The van der Waals surface area contributed by atoms with Crippen LogP contribution in [0.2, 0.25) is 0 Å². The molecule has 0 bridgehead atoms. The van der Waals surface area contributed by atoms with E-state index in [0.717, 1.165) is 0 Å². The van der Waals surface area contributed by atoms with Gasteiger partial charge in [0.1, 0.15) is 18.3 Å². The van der Waals surface area contributed by atoms with Crippen LogP contribution in [0.4, 0.5) is 0 Å². The van der Waals surface area contributed by atoms with Crippen molar-refractivity contribution < 1.29 is 14.2 Å². The minimum atomic E-state index is -0.313. The highest BCUT2D eigenvalue weighted by atomic mass is 16.6. The molecule has 0 saturated heterocycles. The van der Waals surface area contributed by atoms with Gasteiger partial charge in [-0.3, -0.25) is 0 Å². The van der Waals surface area contributed by atoms with Gasteiger partial charge in [-0.15, -0.1) is 32.9 Å². The smallest absolute Gasteiger partial charge is 0.131 e. The summed E-state index contributed by atoms with van der Waals surface area (Å²) >= 11 is 0. The van der Waals surface area contributed by atoms with E-state index in [4.69, 9.17) is 14.2 Å². The first-order valence-corrected chi connectivity index (χ1v) is 7.79. The molecule has 0 fully saturated rings. The summed E-state index contributed by atoms with van der Waals surface area (Å²) in [6, 6.07) is 0. The summed E-state index contributed by atoms with van der Waals surface area (Å²) in [5.74, 6) is 0. The average molecular weight is 318 g/mol. The van der Waals surface area contributed by atoms with E-state index in [0.29, 0.717) is 19.4 Å². The molecular formula is C20H30O3. The zero-order valence-corrected chi connectivity index (χ0v) is 14.2. The largest absolute Gasteiger partial charge is 0.495 e. The second-order valence-electron chi connectivity index (χ2n) is 4.89. The molecule has 23 heavy (non-hydrogen) atoms. The Bertz CT molecular complexity index is 398. The monoisotopic (exact) mass is 318 g/mol. The van der Waals surface area contributed by atoms with Gasteiger partial charge in [0.2, 0.25) is 0 Å². The van der Waals surface area contributed by atoms with Gasteiger partial charge < -0.3 is 14.2 Å². The van der Waals surface area contributed by atoms with Crippen LogP contribution >= 0.6 is 0 Å². The molecule has 0 heterocycles. The molecule has 0 aromatic heterocycles. The second kappa shape index (κ2) is 13.8. The molecule has 0 aromatic carbocycles. The predicted molar refractivity (Wildman–Crippen MR) is 98.3 cm³/mol. The molecule has 0 aliphatic carbocycles. The molecule has 0 aliphatic rings. The van der Waals surface area contributed by atoms with Crippen LogP contribution < -0.4 is 0 Å². The minimum absolute atomic E-state index is 0.184. The molecule has 3 nitrogen and oxygen atoms in total. The van der Waals surface area contributed by atoms with E-state index in [1.165, 1.54) is 0 Å². The van der Waals surface area contributed by atoms with E-state index >= 15 is 0 Å². The van der Waals surface area contributed by atoms with Crippen LogP contribution in [0.15, 0.2) is 75.6 Å². The Morgan fingerprint density at radius 2 is 1.39 bits per heavy atom. The first-order valence-electron chi connectivity index (χ1n) is 7.79. The van der Waals surface area contributed by atoms with Crippen molar-refractivity contribution in [3.05, 3.63) is 75.6 Å². The normalized spacial score (nSPS) is 16.0. The van der Waals surface area contributed by atoms with Gasteiger partial charge in [0, 0.05) is 6.42 Å². The van der Waals surface area contributed by atoms with Crippen LogP contribution in [0.25, 0.3) is 0 Å². The zero-order chi connectivity index (χ0) is 17.5. The summed E-state index contributed by atoms with van der Waals surface area (Å²) in [4.78, 5) is 0. The molecule has 0 saturated carbocycles. The van der Waals surface area contributed by atoms with Gasteiger partial charge in [0.25, 0.3) is 0 Å².